The standard InChI is InChI=1S/C14H23N3S.HI/c1-11-8-9-18-13(11)10-16-14(15)17-12-6-4-2-3-5-7-12;/h8-9,12H,2-7,10H2,1H3,(H3,15,16,17);1H. The molecule has 3 N–H and O–H groups in total. The monoisotopic (exact) mass is 393 g/mol. The second kappa shape index (κ2) is 8.79. The summed E-state index contributed by atoms with van der Waals surface area (Å²) in [6.07, 6.45) is 7.82. The molecule has 0 bridgehead atoms. The Morgan fingerprint density at radius 1 is 1.37 bits per heavy atom. The lowest BCUT2D eigenvalue weighted by Crippen LogP contribution is -2.39. The van der Waals surface area contributed by atoms with Gasteiger partial charge in [0.1, 0.15) is 0 Å². The highest BCUT2D eigenvalue weighted by Crippen LogP contribution is 2.18. The van der Waals surface area contributed by atoms with Crippen molar-refractivity contribution in [1.82, 2.24) is 5.32 Å². The number of thiophene rings is 1. The second-order valence-electron chi connectivity index (χ2n) is 5.06. The zero-order valence-electron chi connectivity index (χ0n) is 11.5. The van der Waals surface area contributed by atoms with Crippen LogP contribution in [0.15, 0.2) is 16.4 Å². The summed E-state index contributed by atoms with van der Waals surface area (Å²) in [5, 5.41) is 5.48. The van der Waals surface area contributed by atoms with E-state index in [2.05, 4.69) is 28.7 Å². The first-order valence-corrected chi connectivity index (χ1v) is 7.73. The van der Waals surface area contributed by atoms with Crippen LogP contribution in [0.3, 0.4) is 0 Å². The van der Waals surface area contributed by atoms with Crippen molar-refractivity contribution in [3.05, 3.63) is 21.9 Å². The Labute approximate surface area is 137 Å². The summed E-state index contributed by atoms with van der Waals surface area (Å²) >= 11 is 1.75. The highest BCUT2D eigenvalue weighted by Gasteiger charge is 2.12. The summed E-state index contributed by atoms with van der Waals surface area (Å²) in [5.74, 6) is 0.606. The van der Waals surface area contributed by atoms with E-state index >= 15 is 0 Å². The van der Waals surface area contributed by atoms with E-state index in [1.165, 1.54) is 49.0 Å². The highest BCUT2D eigenvalue weighted by molar-refractivity contribution is 14.0. The molecule has 0 aliphatic heterocycles. The van der Waals surface area contributed by atoms with Crippen molar-refractivity contribution < 1.29 is 0 Å². The van der Waals surface area contributed by atoms with Gasteiger partial charge in [-0.15, -0.1) is 35.3 Å². The lowest BCUT2D eigenvalue weighted by atomic mass is 10.1. The molecule has 0 amide bonds. The fourth-order valence-corrected chi connectivity index (χ4v) is 3.23. The van der Waals surface area contributed by atoms with Crippen molar-refractivity contribution in [1.29, 1.82) is 0 Å². The van der Waals surface area contributed by atoms with Crippen molar-refractivity contribution in [2.24, 2.45) is 10.7 Å². The van der Waals surface area contributed by atoms with Crippen LogP contribution in [0.4, 0.5) is 0 Å². The van der Waals surface area contributed by atoms with E-state index in [1.54, 1.807) is 11.3 Å². The molecule has 0 unspecified atom stereocenters. The van der Waals surface area contributed by atoms with Gasteiger partial charge in [0.25, 0.3) is 0 Å². The van der Waals surface area contributed by atoms with Crippen LogP contribution in [-0.4, -0.2) is 12.0 Å². The van der Waals surface area contributed by atoms with Gasteiger partial charge in [0.05, 0.1) is 6.54 Å². The molecule has 0 aromatic carbocycles. The number of guanidine groups is 1. The molecule has 5 heteroatoms. The molecule has 1 fully saturated rings. The molecule has 2 rings (SSSR count). The predicted molar refractivity (Wildman–Crippen MR) is 94.4 cm³/mol. The fraction of sp³-hybridized carbons (Fsp3) is 0.643. The van der Waals surface area contributed by atoms with E-state index in [-0.39, 0.29) is 24.0 Å². The van der Waals surface area contributed by atoms with Gasteiger partial charge in [-0.1, -0.05) is 25.7 Å². The quantitative estimate of drug-likeness (QED) is 0.355. The van der Waals surface area contributed by atoms with E-state index in [1.807, 2.05) is 0 Å². The number of aliphatic imine (C=N–C) groups is 1. The Morgan fingerprint density at radius 3 is 2.63 bits per heavy atom. The third-order valence-corrected chi connectivity index (χ3v) is 4.58. The van der Waals surface area contributed by atoms with Gasteiger partial charge in [0, 0.05) is 10.9 Å². The third-order valence-electron chi connectivity index (χ3n) is 3.57. The Hall–Kier alpha value is -0.300. The van der Waals surface area contributed by atoms with Crippen LogP contribution in [0.25, 0.3) is 0 Å². The Morgan fingerprint density at radius 2 is 2.05 bits per heavy atom. The molecule has 3 nitrogen and oxygen atoms in total. The molecule has 1 saturated carbocycles. The van der Waals surface area contributed by atoms with Crippen molar-refractivity contribution >= 4 is 41.3 Å². The fourth-order valence-electron chi connectivity index (χ4n) is 2.40. The Bertz CT molecular complexity index is 395. The van der Waals surface area contributed by atoms with Crippen LogP contribution < -0.4 is 11.1 Å². The summed E-state index contributed by atoms with van der Waals surface area (Å²) in [4.78, 5) is 5.75. The van der Waals surface area contributed by atoms with Crippen molar-refractivity contribution in [2.75, 3.05) is 0 Å². The van der Waals surface area contributed by atoms with E-state index in [4.69, 9.17) is 5.73 Å². The zero-order chi connectivity index (χ0) is 12.8. The van der Waals surface area contributed by atoms with Crippen LogP contribution in [0.1, 0.15) is 49.0 Å². The molecule has 0 atom stereocenters. The van der Waals surface area contributed by atoms with Gasteiger partial charge >= 0.3 is 0 Å². The summed E-state index contributed by atoms with van der Waals surface area (Å²) in [6, 6.07) is 2.66. The molecule has 0 saturated heterocycles. The lowest BCUT2D eigenvalue weighted by molar-refractivity contribution is 0.530. The SMILES string of the molecule is Cc1ccsc1CN=C(N)NC1CCCCCC1.I. The summed E-state index contributed by atoms with van der Waals surface area (Å²) in [5.41, 5.74) is 7.28. The number of aryl methyl sites for hydroxylation is 1. The number of halogens is 1. The molecule has 1 aliphatic rings. The van der Waals surface area contributed by atoms with Crippen LogP contribution in [-0.2, 0) is 6.54 Å². The minimum atomic E-state index is 0. The molecular formula is C14H24IN3S. The van der Waals surface area contributed by atoms with Gasteiger partial charge in [-0.3, -0.25) is 0 Å². The van der Waals surface area contributed by atoms with Gasteiger partial charge in [-0.05, 0) is 36.8 Å². The molecule has 0 radical (unpaired) electrons. The minimum absolute atomic E-state index is 0. The minimum Gasteiger partial charge on any atom is -0.370 e. The smallest absolute Gasteiger partial charge is 0.189 e. The van der Waals surface area contributed by atoms with Crippen LogP contribution in [0.5, 0.6) is 0 Å². The van der Waals surface area contributed by atoms with E-state index in [0.717, 1.165) is 0 Å². The molecular weight excluding hydrogens is 369 g/mol. The topological polar surface area (TPSA) is 50.4 Å². The lowest BCUT2D eigenvalue weighted by Gasteiger charge is -2.16. The molecule has 19 heavy (non-hydrogen) atoms. The number of nitrogens with two attached hydrogens (primary N) is 1. The zero-order valence-corrected chi connectivity index (χ0v) is 14.7. The molecule has 108 valence electrons. The predicted octanol–water partition coefficient (Wildman–Crippen LogP) is 3.80. The normalized spacial score (nSPS) is 17.6. The number of hydrogen-bond donors (Lipinski definition) is 2. The number of nitrogens with zero attached hydrogens (tertiary/aromatic N) is 1. The average Bonchev–Trinajstić information content (AvgIpc) is 2.61. The van der Waals surface area contributed by atoms with E-state index < -0.39 is 0 Å². The molecule has 1 aromatic heterocycles. The van der Waals surface area contributed by atoms with E-state index in [0.29, 0.717) is 18.5 Å². The van der Waals surface area contributed by atoms with Crippen molar-refractivity contribution in [3.8, 4) is 0 Å². The molecule has 0 spiro atoms. The third kappa shape index (κ3) is 5.69. The van der Waals surface area contributed by atoms with Gasteiger partial charge in [0.15, 0.2) is 5.96 Å². The summed E-state index contributed by atoms with van der Waals surface area (Å²) in [6.45, 7) is 2.82. The Balaban J connectivity index is 0.00000180. The first kappa shape index (κ1) is 16.8. The van der Waals surface area contributed by atoms with Crippen LogP contribution >= 0.6 is 35.3 Å². The Kier molecular flexibility index (Phi) is 7.75. The van der Waals surface area contributed by atoms with Gasteiger partial charge < -0.3 is 11.1 Å². The number of rotatable bonds is 3. The largest absolute Gasteiger partial charge is 0.370 e. The molecule has 1 aromatic rings. The van der Waals surface area contributed by atoms with Crippen LogP contribution in [0, 0.1) is 6.92 Å². The summed E-state index contributed by atoms with van der Waals surface area (Å²) in [7, 11) is 0. The number of nitrogens with one attached hydrogen (secondary N) is 1. The van der Waals surface area contributed by atoms with Crippen LogP contribution in [0.2, 0.25) is 0 Å². The maximum Gasteiger partial charge on any atom is 0.189 e. The first-order chi connectivity index (χ1) is 8.75. The van der Waals surface area contributed by atoms with Gasteiger partial charge in [-0.25, -0.2) is 4.99 Å². The summed E-state index contributed by atoms with van der Waals surface area (Å²) < 4.78 is 0. The molecule has 1 heterocycles. The average molecular weight is 393 g/mol. The van der Waals surface area contributed by atoms with Gasteiger partial charge in [-0.2, -0.15) is 0 Å². The maximum atomic E-state index is 5.97. The van der Waals surface area contributed by atoms with E-state index in [9.17, 15) is 0 Å². The second-order valence-corrected chi connectivity index (χ2v) is 6.06. The van der Waals surface area contributed by atoms with Crippen molar-refractivity contribution in [3.63, 3.8) is 0 Å². The molecule has 1 aliphatic carbocycles. The first-order valence-electron chi connectivity index (χ1n) is 6.85. The highest BCUT2D eigenvalue weighted by atomic mass is 127. The number of hydrogen-bond acceptors (Lipinski definition) is 2. The van der Waals surface area contributed by atoms with Crippen molar-refractivity contribution in [2.45, 2.75) is 58.0 Å². The van der Waals surface area contributed by atoms with Gasteiger partial charge in [0.2, 0.25) is 0 Å². The maximum absolute atomic E-state index is 5.97.